The van der Waals surface area contributed by atoms with Crippen molar-refractivity contribution in [1.82, 2.24) is 4.90 Å². The van der Waals surface area contributed by atoms with Gasteiger partial charge in [-0.15, -0.1) is 6.58 Å². The van der Waals surface area contributed by atoms with Crippen molar-refractivity contribution in [3.63, 3.8) is 0 Å². The second-order valence-corrected chi connectivity index (χ2v) is 1.88. The summed E-state index contributed by atoms with van der Waals surface area (Å²) < 4.78 is 0. The van der Waals surface area contributed by atoms with Crippen molar-refractivity contribution < 1.29 is 9.90 Å². The van der Waals surface area contributed by atoms with Crippen LogP contribution in [0, 0.1) is 0 Å². The van der Waals surface area contributed by atoms with Gasteiger partial charge in [-0.05, 0) is 7.05 Å². The van der Waals surface area contributed by atoms with Gasteiger partial charge < -0.3 is 5.11 Å². The van der Waals surface area contributed by atoms with Crippen LogP contribution in [-0.4, -0.2) is 65.7 Å². The van der Waals surface area contributed by atoms with E-state index in [0.717, 1.165) is 0 Å². The Morgan fingerprint density at radius 3 is 2.60 bits per heavy atom. The van der Waals surface area contributed by atoms with E-state index in [1.807, 2.05) is 0 Å². The van der Waals surface area contributed by atoms with Crippen LogP contribution in [0.25, 0.3) is 0 Å². The SMILES string of the molecule is C=CCN(C)CC(=O)O.[NaH]. The van der Waals surface area contributed by atoms with E-state index in [1.54, 1.807) is 18.0 Å². The van der Waals surface area contributed by atoms with Crippen molar-refractivity contribution in [2.75, 3.05) is 20.1 Å². The molecule has 0 aromatic carbocycles. The second-order valence-electron chi connectivity index (χ2n) is 1.88. The Morgan fingerprint density at radius 2 is 2.30 bits per heavy atom. The minimum atomic E-state index is -0.806. The second kappa shape index (κ2) is 7.28. The fraction of sp³-hybridized carbons (Fsp3) is 0.500. The molecule has 0 saturated heterocycles. The molecule has 1 N–H and O–H groups in total. The Kier molecular flexibility index (Phi) is 9.33. The van der Waals surface area contributed by atoms with E-state index in [9.17, 15) is 4.79 Å². The molecule has 0 aromatic heterocycles. The zero-order valence-electron chi connectivity index (χ0n) is 5.50. The quantitative estimate of drug-likeness (QED) is 0.439. The van der Waals surface area contributed by atoms with E-state index >= 15 is 0 Å². The first-order valence-electron chi connectivity index (χ1n) is 2.68. The Balaban J connectivity index is 0. The van der Waals surface area contributed by atoms with Gasteiger partial charge in [0.2, 0.25) is 0 Å². The molecule has 0 heterocycles. The van der Waals surface area contributed by atoms with E-state index in [2.05, 4.69) is 6.58 Å². The average Bonchev–Trinajstić information content (AvgIpc) is 1.63. The molecule has 54 valence electrons. The summed E-state index contributed by atoms with van der Waals surface area (Å²) in [6, 6.07) is 0. The van der Waals surface area contributed by atoms with Gasteiger partial charge in [-0.2, -0.15) is 0 Å². The van der Waals surface area contributed by atoms with Crippen LogP contribution in [0.3, 0.4) is 0 Å². The molecular formula is C6H12NNaO2. The molecule has 0 aliphatic carbocycles. The number of aliphatic carboxylic acids is 1. The molecule has 10 heavy (non-hydrogen) atoms. The summed E-state index contributed by atoms with van der Waals surface area (Å²) in [5, 5.41) is 8.23. The summed E-state index contributed by atoms with van der Waals surface area (Å²) in [4.78, 5) is 11.7. The predicted molar refractivity (Wildman–Crippen MR) is 42.5 cm³/mol. The fourth-order valence-corrected chi connectivity index (χ4v) is 0.516. The molecule has 0 fully saturated rings. The van der Waals surface area contributed by atoms with Gasteiger partial charge in [-0.3, -0.25) is 9.69 Å². The third-order valence-electron chi connectivity index (χ3n) is 0.846. The van der Waals surface area contributed by atoms with Crippen LogP contribution in [0.5, 0.6) is 0 Å². The van der Waals surface area contributed by atoms with Crippen molar-refractivity contribution in [3.8, 4) is 0 Å². The zero-order chi connectivity index (χ0) is 7.28. The van der Waals surface area contributed by atoms with E-state index < -0.39 is 5.97 Å². The van der Waals surface area contributed by atoms with Crippen molar-refractivity contribution in [1.29, 1.82) is 0 Å². The third kappa shape index (κ3) is 8.17. The van der Waals surface area contributed by atoms with Gasteiger partial charge in [0, 0.05) is 6.54 Å². The first-order chi connectivity index (χ1) is 4.16. The van der Waals surface area contributed by atoms with Crippen LogP contribution in [0.2, 0.25) is 0 Å². The van der Waals surface area contributed by atoms with Crippen LogP contribution in [0.1, 0.15) is 0 Å². The number of carbonyl (C=O) groups is 1. The third-order valence-corrected chi connectivity index (χ3v) is 0.846. The number of hydrogen-bond donors (Lipinski definition) is 1. The molecule has 3 nitrogen and oxygen atoms in total. The molecule has 0 amide bonds. The van der Waals surface area contributed by atoms with Crippen molar-refractivity contribution in [3.05, 3.63) is 12.7 Å². The van der Waals surface area contributed by atoms with Crippen molar-refractivity contribution in [2.24, 2.45) is 0 Å². The number of hydrogen-bond acceptors (Lipinski definition) is 2. The first-order valence-corrected chi connectivity index (χ1v) is 2.68. The number of nitrogens with zero attached hydrogens (tertiary/aromatic N) is 1. The maximum absolute atomic E-state index is 10.0. The van der Waals surface area contributed by atoms with Gasteiger partial charge in [0.1, 0.15) is 0 Å². The molecule has 4 heteroatoms. The van der Waals surface area contributed by atoms with Crippen LogP contribution in [0.15, 0.2) is 12.7 Å². The summed E-state index contributed by atoms with van der Waals surface area (Å²) in [7, 11) is 1.73. The maximum atomic E-state index is 10.0. The van der Waals surface area contributed by atoms with Crippen LogP contribution < -0.4 is 0 Å². The van der Waals surface area contributed by atoms with E-state index in [-0.39, 0.29) is 36.1 Å². The molecule has 0 radical (unpaired) electrons. The van der Waals surface area contributed by atoms with Crippen LogP contribution >= 0.6 is 0 Å². The fourth-order valence-electron chi connectivity index (χ4n) is 0.516. The van der Waals surface area contributed by atoms with Crippen LogP contribution in [0.4, 0.5) is 0 Å². The van der Waals surface area contributed by atoms with E-state index in [1.165, 1.54) is 0 Å². The molecule has 0 aliphatic heterocycles. The van der Waals surface area contributed by atoms with Gasteiger partial charge in [-0.1, -0.05) is 6.08 Å². The van der Waals surface area contributed by atoms with Gasteiger partial charge >= 0.3 is 35.5 Å². The predicted octanol–water partition coefficient (Wildman–Crippen LogP) is -0.460. The zero-order valence-corrected chi connectivity index (χ0v) is 5.50. The molecular weight excluding hydrogens is 141 g/mol. The molecule has 0 unspecified atom stereocenters. The Morgan fingerprint density at radius 1 is 1.80 bits per heavy atom. The molecule has 0 rings (SSSR count). The number of carboxylic acid groups (broad SMARTS) is 1. The van der Waals surface area contributed by atoms with Gasteiger partial charge in [-0.25, -0.2) is 0 Å². The Bertz CT molecular complexity index is 116. The summed E-state index contributed by atoms with van der Waals surface area (Å²) in [6.07, 6.45) is 1.67. The standard InChI is InChI=1S/C6H11NO2.Na.H/c1-3-4-7(2)5-6(8)9;;/h3H,1,4-5H2,2H3,(H,8,9);;. The molecule has 0 saturated carbocycles. The summed E-state index contributed by atoms with van der Waals surface area (Å²) in [6.45, 7) is 4.17. The van der Waals surface area contributed by atoms with Crippen molar-refractivity contribution >= 4 is 35.5 Å². The Hall–Kier alpha value is 0.170. The van der Waals surface area contributed by atoms with Gasteiger partial charge in [0.05, 0.1) is 6.54 Å². The summed E-state index contributed by atoms with van der Waals surface area (Å²) in [5.74, 6) is -0.806. The summed E-state index contributed by atoms with van der Waals surface area (Å²) in [5.41, 5.74) is 0. The monoisotopic (exact) mass is 153 g/mol. The Labute approximate surface area is 83.0 Å². The molecule has 0 atom stereocenters. The van der Waals surface area contributed by atoms with Crippen LogP contribution in [-0.2, 0) is 4.79 Å². The molecule has 0 spiro atoms. The number of rotatable bonds is 4. The number of carboxylic acids is 1. The van der Waals surface area contributed by atoms with Gasteiger partial charge in [0.15, 0.2) is 0 Å². The molecule has 0 bridgehead atoms. The minimum absolute atomic E-state index is 0. The number of likely N-dealkylation sites (N-methyl/N-ethyl adjacent to an activating group) is 1. The molecule has 0 aliphatic rings. The normalized spacial score (nSPS) is 8.60. The van der Waals surface area contributed by atoms with E-state index in [0.29, 0.717) is 6.54 Å². The molecule has 0 aromatic rings. The van der Waals surface area contributed by atoms with E-state index in [4.69, 9.17) is 5.11 Å². The van der Waals surface area contributed by atoms with Gasteiger partial charge in [0.25, 0.3) is 0 Å². The van der Waals surface area contributed by atoms with Crippen molar-refractivity contribution in [2.45, 2.75) is 0 Å². The topological polar surface area (TPSA) is 40.5 Å². The first kappa shape index (κ1) is 12.8. The average molecular weight is 153 g/mol. The summed E-state index contributed by atoms with van der Waals surface area (Å²) >= 11 is 0.